The fourth-order valence-electron chi connectivity index (χ4n) is 5.18. The number of carbonyl (C=O) groups is 1. The number of amides is 1. The summed E-state index contributed by atoms with van der Waals surface area (Å²) in [5.74, 6) is 2.55. The molecule has 5 rings (SSSR count). The predicted molar refractivity (Wildman–Crippen MR) is 169 cm³/mol. The van der Waals surface area contributed by atoms with Crippen LogP contribution in [0.2, 0.25) is 0 Å². The van der Waals surface area contributed by atoms with Crippen LogP contribution in [0.5, 0.6) is 17.2 Å². The lowest BCUT2D eigenvalue weighted by atomic mass is 10.1. The Hall–Kier alpha value is -5.10. The summed E-state index contributed by atoms with van der Waals surface area (Å²) >= 11 is 0. The van der Waals surface area contributed by atoms with Gasteiger partial charge >= 0.3 is 0 Å². The van der Waals surface area contributed by atoms with Crippen molar-refractivity contribution in [2.45, 2.75) is 38.3 Å². The van der Waals surface area contributed by atoms with Crippen molar-refractivity contribution in [1.82, 2.24) is 19.9 Å². The predicted octanol–water partition coefficient (Wildman–Crippen LogP) is 4.06. The molecular formula is C32H37N7O5. The Labute approximate surface area is 255 Å². The highest BCUT2D eigenvalue weighted by molar-refractivity contribution is 6.00. The second-order valence-electron chi connectivity index (χ2n) is 10.2. The molecule has 2 unspecified atom stereocenters. The number of methoxy groups -OCH3 is 3. The molecule has 2 atom stereocenters. The maximum absolute atomic E-state index is 13.0. The Morgan fingerprint density at radius 1 is 1.09 bits per heavy atom. The standard InChI is InChI=1S/C32H37N7O5/c1-34-13-12-25(33)24-18-39(28-11-10-26(44-28)32(40)36-16-20-6-5-7-22(14-20)41-2)31-29(24)30(37-19-38-31)35-17-21-8-9-23(42-3)15-27(21)43-4/h5-9,12-15,18-19,26,28H,10-11,16-17,33H2,1-4H3,(H,36,40)(H,35,37,38)/b25-12-,34-13?. The van der Waals surface area contributed by atoms with Gasteiger partial charge in [-0.15, -0.1) is 0 Å². The van der Waals surface area contributed by atoms with E-state index in [9.17, 15) is 4.79 Å². The van der Waals surface area contributed by atoms with Crippen molar-refractivity contribution in [3.05, 3.63) is 77.8 Å². The van der Waals surface area contributed by atoms with Gasteiger partial charge in [0.1, 0.15) is 47.4 Å². The third-order valence-electron chi connectivity index (χ3n) is 7.46. The van der Waals surface area contributed by atoms with Gasteiger partial charge in [-0.25, -0.2) is 9.97 Å². The highest BCUT2D eigenvalue weighted by Crippen LogP contribution is 2.36. The van der Waals surface area contributed by atoms with Crippen molar-refractivity contribution in [1.29, 1.82) is 0 Å². The summed E-state index contributed by atoms with van der Waals surface area (Å²) in [6.45, 7) is 0.804. The number of nitrogens with zero attached hydrogens (tertiary/aromatic N) is 4. The summed E-state index contributed by atoms with van der Waals surface area (Å²) in [7, 11) is 6.53. The van der Waals surface area contributed by atoms with Gasteiger partial charge in [-0.3, -0.25) is 9.79 Å². The molecule has 1 fully saturated rings. The van der Waals surface area contributed by atoms with Gasteiger partial charge in [0, 0.05) is 55.4 Å². The van der Waals surface area contributed by atoms with Crippen molar-refractivity contribution >= 4 is 34.7 Å². The average Bonchev–Trinajstić information content (AvgIpc) is 3.71. The Kier molecular flexibility index (Phi) is 9.60. The molecule has 230 valence electrons. The smallest absolute Gasteiger partial charge is 0.249 e. The van der Waals surface area contributed by atoms with Gasteiger partial charge < -0.3 is 39.9 Å². The van der Waals surface area contributed by atoms with Gasteiger partial charge in [-0.2, -0.15) is 0 Å². The van der Waals surface area contributed by atoms with Crippen molar-refractivity contribution in [2.24, 2.45) is 10.7 Å². The fraction of sp³-hybridized carbons (Fsp3) is 0.312. The molecule has 44 heavy (non-hydrogen) atoms. The average molecular weight is 600 g/mol. The minimum atomic E-state index is -0.603. The van der Waals surface area contributed by atoms with Crippen molar-refractivity contribution in [3.8, 4) is 17.2 Å². The van der Waals surface area contributed by atoms with E-state index in [0.717, 1.165) is 27.8 Å². The normalized spacial score (nSPS) is 16.8. The van der Waals surface area contributed by atoms with Gasteiger partial charge in [0.05, 0.1) is 26.7 Å². The van der Waals surface area contributed by atoms with E-state index in [1.807, 2.05) is 53.2 Å². The van der Waals surface area contributed by atoms with Crippen molar-refractivity contribution in [3.63, 3.8) is 0 Å². The number of hydrogen-bond donors (Lipinski definition) is 3. The lowest BCUT2D eigenvalue weighted by molar-refractivity contribution is -0.134. The van der Waals surface area contributed by atoms with E-state index >= 15 is 0 Å². The van der Waals surface area contributed by atoms with Crippen LogP contribution in [0.4, 0.5) is 5.82 Å². The number of anilines is 1. The van der Waals surface area contributed by atoms with Crippen LogP contribution in [0.15, 0.2) is 66.1 Å². The largest absolute Gasteiger partial charge is 0.497 e. The molecule has 1 amide bonds. The SMILES string of the molecule is CN=C/C=C(\N)c1cn(C2CCC(C(=O)NCc3cccc(OC)c3)O2)c2ncnc(NCc3ccc(OC)cc3OC)c12. The molecule has 0 radical (unpaired) electrons. The van der Waals surface area contributed by atoms with Gasteiger partial charge in [0.2, 0.25) is 5.91 Å². The van der Waals surface area contributed by atoms with Crippen LogP contribution in [0.1, 0.15) is 35.8 Å². The molecule has 3 heterocycles. The quantitative estimate of drug-likeness (QED) is 0.205. The number of carbonyl (C=O) groups excluding carboxylic acids is 1. The van der Waals surface area contributed by atoms with Gasteiger partial charge in [-0.1, -0.05) is 12.1 Å². The van der Waals surface area contributed by atoms with E-state index in [0.29, 0.717) is 54.6 Å². The number of ether oxygens (including phenoxy) is 4. The fourth-order valence-corrected chi connectivity index (χ4v) is 5.18. The number of nitrogens with one attached hydrogen (secondary N) is 2. The summed E-state index contributed by atoms with van der Waals surface area (Å²) in [6, 6.07) is 13.2. The van der Waals surface area contributed by atoms with Crippen LogP contribution >= 0.6 is 0 Å². The van der Waals surface area contributed by atoms with Crippen LogP contribution in [-0.4, -0.2) is 61.1 Å². The molecular weight excluding hydrogens is 562 g/mol. The minimum Gasteiger partial charge on any atom is -0.497 e. The van der Waals surface area contributed by atoms with Gasteiger partial charge in [-0.05, 0) is 48.7 Å². The highest BCUT2D eigenvalue weighted by Gasteiger charge is 2.33. The molecule has 2 aromatic heterocycles. The molecule has 1 saturated heterocycles. The first-order valence-electron chi connectivity index (χ1n) is 14.2. The zero-order valence-corrected chi connectivity index (χ0v) is 25.2. The molecule has 0 saturated carbocycles. The molecule has 12 nitrogen and oxygen atoms in total. The minimum absolute atomic E-state index is 0.170. The lowest BCUT2D eigenvalue weighted by Crippen LogP contribution is -2.34. The molecule has 0 aliphatic carbocycles. The third kappa shape index (κ3) is 6.60. The molecule has 2 aromatic carbocycles. The number of rotatable bonds is 12. The van der Waals surface area contributed by atoms with Gasteiger partial charge in [0.25, 0.3) is 0 Å². The van der Waals surface area contributed by atoms with Crippen LogP contribution < -0.4 is 30.6 Å². The Bertz CT molecular complexity index is 1680. The third-order valence-corrected chi connectivity index (χ3v) is 7.46. The zero-order valence-electron chi connectivity index (χ0n) is 25.2. The number of fused-ring (bicyclic) bond motifs is 1. The molecule has 4 aromatic rings. The van der Waals surface area contributed by atoms with Crippen molar-refractivity contribution in [2.75, 3.05) is 33.7 Å². The van der Waals surface area contributed by atoms with Crippen LogP contribution in [0, 0.1) is 0 Å². The number of benzene rings is 2. The molecule has 4 N–H and O–H groups in total. The van der Waals surface area contributed by atoms with Gasteiger partial charge in [0.15, 0.2) is 0 Å². The molecule has 0 bridgehead atoms. The lowest BCUT2D eigenvalue weighted by Gasteiger charge is -2.16. The second kappa shape index (κ2) is 13.9. The van der Waals surface area contributed by atoms with Crippen molar-refractivity contribution < 1.29 is 23.7 Å². The summed E-state index contributed by atoms with van der Waals surface area (Å²) in [5.41, 5.74) is 10.2. The summed E-state index contributed by atoms with van der Waals surface area (Å²) in [5, 5.41) is 7.13. The number of aliphatic imine (C=N–C) groups is 1. The molecule has 1 aliphatic heterocycles. The van der Waals surface area contributed by atoms with E-state index in [1.54, 1.807) is 40.7 Å². The first-order valence-corrected chi connectivity index (χ1v) is 14.2. The number of nitrogens with two attached hydrogens (primary N) is 1. The summed E-state index contributed by atoms with van der Waals surface area (Å²) < 4.78 is 24.4. The van der Waals surface area contributed by atoms with Crippen LogP contribution in [0.25, 0.3) is 16.7 Å². The topological polar surface area (TPSA) is 147 Å². The maximum atomic E-state index is 13.0. The maximum Gasteiger partial charge on any atom is 0.249 e. The van der Waals surface area contributed by atoms with E-state index in [-0.39, 0.29) is 5.91 Å². The Morgan fingerprint density at radius 2 is 1.91 bits per heavy atom. The number of aromatic nitrogens is 3. The zero-order chi connectivity index (χ0) is 31.1. The molecule has 12 heteroatoms. The summed E-state index contributed by atoms with van der Waals surface area (Å²) in [4.78, 5) is 26.2. The van der Waals surface area contributed by atoms with E-state index in [4.69, 9.17) is 24.7 Å². The number of hydrogen-bond acceptors (Lipinski definition) is 10. The molecule has 1 aliphatic rings. The van der Waals surface area contributed by atoms with E-state index in [1.165, 1.54) is 6.33 Å². The van der Waals surface area contributed by atoms with E-state index < -0.39 is 12.3 Å². The first kappa shape index (κ1) is 30.4. The van der Waals surface area contributed by atoms with Crippen LogP contribution in [-0.2, 0) is 22.6 Å². The second-order valence-corrected chi connectivity index (χ2v) is 10.2. The molecule has 0 spiro atoms. The van der Waals surface area contributed by atoms with Crippen LogP contribution in [0.3, 0.4) is 0 Å². The monoisotopic (exact) mass is 599 g/mol. The Balaban J connectivity index is 1.39. The number of allylic oxidation sites excluding steroid dienone is 1. The highest BCUT2D eigenvalue weighted by atomic mass is 16.5. The Morgan fingerprint density at radius 3 is 2.68 bits per heavy atom. The van der Waals surface area contributed by atoms with E-state index in [2.05, 4.69) is 25.6 Å². The summed E-state index contributed by atoms with van der Waals surface area (Å²) in [6.07, 6.45) is 6.91. The first-order chi connectivity index (χ1) is 21.4.